The van der Waals surface area contributed by atoms with Gasteiger partial charge in [0.1, 0.15) is 6.10 Å². The molecule has 2 fully saturated rings. The summed E-state index contributed by atoms with van der Waals surface area (Å²) in [5.41, 5.74) is 1.15. The summed E-state index contributed by atoms with van der Waals surface area (Å²) in [4.78, 5) is 17.2. The maximum atomic E-state index is 13.2. The third-order valence-electron chi connectivity index (χ3n) is 8.81. The number of carbonyl (C=O) groups excluding carboxylic acids is 1. The zero-order valence-corrected chi connectivity index (χ0v) is 19.9. The molecule has 6 nitrogen and oxygen atoms in total. The third kappa shape index (κ3) is 2.95. The van der Waals surface area contributed by atoms with Crippen molar-refractivity contribution >= 4 is 5.91 Å². The third-order valence-corrected chi connectivity index (χ3v) is 8.81. The predicted molar refractivity (Wildman–Crippen MR) is 132 cm³/mol. The number of piperidine rings is 1. The highest BCUT2D eigenvalue weighted by molar-refractivity contribution is 5.94. The molecule has 180 valence electrons. The first-order valence-electron chi connectivity index (χ1n) is 12.3. The van der Waals surface area contributed by atoms with E-state index in [1.165, 1.54) is 0 Å². The summed E-state index contributed by atoms with van der Waals surface area (Å²) in [6.07, 6.45) is 3.98. The van der Waals surface area contributed by atoms with Crippen LogP contribution in [-0.4, -0.2) is 69.8 Å². The lowest BCUT2D eigenvalue weighted by molar-refractivity contribution is -0.197. The van der Waals surface area contributed by atoms with E-state index >= 15 is 0 Å². The molecular formula is C29H30N2O4. The first-order chi connectivity index (χ1) is 16.9. The number of aromatic hydroxyl groups is 1. The molecule has 6 rings (SSSR count). The monoisotopic (exact) mass is 470 g/mol. The van der Waals surface area contributed by atoms with E-state index in [2.05, 4.69) is 23.3 Å². The number of phenolic OH excluding ortho intramolecular Hbond substituents is 1. The standard InChI is InChI=1S/C29H30N2O4/c1-3-16-31-17-15-28-25-20-10-11-22(32)26(25)35-27(28)21(13-14-29(28,34)23(31)18-20)30(2)24(33)12-9-19-7-5-4-6-8-19/h3-8,10-11,21,23,27,32,34H,1,13-18H2,2H3/t21-,23+,27-,28-,29+/m0/s1. The van der Waals surface area contributed by atoms with E-state index in [0.717, 1.165) is 23.2 Å². The minimum absolute atomic E-state index is 0.0665. The number of ether oxygens (including phenoxy) is 1. The second-order valence-electron chi connectivity index (χ2n) is 10.3. The van der Waals surface area contributed by atoms with E-state index in [1.54, 1.807) is 18.0 Å². The molecule has 1 amide bonds. The zero-order chi connectivity index (χ0) is 24.4. The minimum Gasteiger partial charge on any atom is -0.504 e. The Morgan fingerprint density at radius 1 is 1.29 bits per heavy atom. The van der Waals surface area contributed by atoms with Gasteiger partial charge in [0.15, 0.2) is 11.5 Å². The van der Waals surface area contributed by atoms with Gasteiger partial charge >= 0.3 is 0 Å². The summed E-state index contributed by atoms with van der Waals surface area (Å²) in [7, 11) is 1.77. The Balaban J connectivity index is 1.41. The molecule has 35 heavy (non-hydrogen) atoms. The average Bonchev–Trinajstić information content (AvgIpc) is 3.22. The number of rotatable bonds is 3. The molecule has 2 aliphatic heterocycles. The fourth-order valence-electron chi connectivity index (χ4n) is 7.27. The highest BCUT2D eigenvalue weighted by atomic mass is 16.5. The number of hydrogen-bond acceptors (Lipinski definition) is 5. The van der Waals surface area contributed by atoms with Gasteiger partial charge in [-0.15, -0.1) is 6.58 Å². The normalized spacial score (nSPS) is 32.0. The number of nitrogens with zero attached hydrogens (tertiary/aromatic N) is 2. The van der Waals surface area contributed by atoms with Gasteiger partial charge in [-0.05, 0) is 56.0 Å². The number of benzene rings is 2. The fourth-order valence-corrected chi connectivity index (χ4v) is 7.27. The lowest BCUT2D eigenvalue weighted by Crippen LogP contribution is -2.78. The van der Waals surface area contributed by atoms with E-state index in [0.29, 0.717) is 38.0 Å². The molecule has 0 unspecified atom stereocenters. The summed E-state index contributed by atoms with van der Waals surface area (Å²) in [5, 5.41) is 23.2. The Labute approximate surface area is 205 Å². The van der Waals surface area contributed by atoms with Crippen LogP contribution in [0, 0.1) is 11.8 Å². The first kappa shape index (κ1) is 22.2. The van der Waals surface area contributed by atoms with Crippen LogP contribution in [0.2, 0.25) is 0 Å². The Hall–Kier alpha value is -3.27. The van der Waals surface area contributed by atoms with Gasteiger partial charge in [-0.1, -0.05) is 36.3 Å². The SMILES string of the molecule is C=CCN1CC[C@]23c4c5ccc(O)c4O[C@H]2[C@@H](N(C)C(=O)C#Cc2ccccc2)CC[C@@]3(O)[C@H]1C5. The maximum absolute atomic E-state index is 13.2. The Bertz CT molecular complexity index is 1260. The predicted octanol–water partition coefficient (Wildman–Crippen LogP) is 2.61. The number of likely N-dealkylation sites (N-methyl/N-ethyl adjacent to an activating group) is 1. The summed E-state index contributed by atoms with van der Waals surface area (Å²) >= 11 is 0. The van der Waals surface area contributed by atoms with Crippen molar-refractivity contribution in [2.45, 2.75) is 54.9 Å². The van der Waals surface area contributed by atoms with Crippen molar-refractivity contribution in [1.82, 2.24) is 9.80 Å². The van der Waals surface area contributed by atoms with Crippen LogP contribution in [0.25, 0.3) is 0 Å². The smallest absolute Gasteiger partial charge is 0.298 e. The van der Waals surface area contributed by atoms with Crippen LogP contribution in [0.4, 0.5) is 0 Å². The Morgan fingerprint density at radius 2 is 2.09 bits per heavy atom. The number of hydrogen-bond donors (Lipinski definition) is 2. The average molecular weight is 471 g/mol. The number of aliphatic hydroxyl groups is 1. The lowest BCUT2D eigenvalue weighted by atomic mass is 9.48. The fraction of sp³-hybridized carbons (Fsp3) is 0.414. The van der Waals surface area contributed by atoms with Crippen LogP contribution in [0.15, 0.2) is 55.1 Å². The molecule has 2 N–H and O–H groups in total. The summed E-state index contributed by atoms with van der Waals surface area (Å²) in [6.45, 7) is 5.43. The molecule has 2 aromatic carbocycles. The van der Waals surface area contributed by atoms with Crippen LogP contribution in [0.1, 0.15) is 36.0 Å². The lowest BCUT2D eigenvalue weighted by Gasteiger charge is -2.64. The molecule has 2 bridgehead atoms. The van der Waals surface area contributed by atoms with E-state index in [4.69, 9.17) is 4.74 Å². The molecule has 1 saturated heterocycles. The van der Waals surface area contributed by atoms with E-state index in [1.807, 2.05) is 42.5 Å². The minimum atomic E-state index is -1.01. The van der Waals surface area contributed by atoms with Gasteiger partial charge in [-0.2, -0.15) is 0 Å². The summed E-state index contributed by atoms with van der Waals surface area (Å²) in [6, 6.07) is 12.8. The van der Waals surface area contributed by atoms with Crippen molar-refractivity contribution in [3.05, 3.63) is 71.8 Å². The molecule has 0 radical (unpaired) electrons. The van der Waals surface area contributed by atoms with E-state index < -0.39 is 17.1 Å². The van der Waals surface area contributed by atoms with Gasteiger partial charge in [0.05, 0.1) is 17.1 Å². The van der Waals surface area contributed by atoms with Crippen molar-refractivity contribution in [1.29, 1.82) is 0 Å². The second-order valence-corrected chi connectivity index (χ2v) is 10.3. The molecule has 2 heterocycles. The van der Waals surface area contributed by atoms with Crippen LogP contribution in [0.5, 0.6) is 11.5 Å². The first-order valence-corrected chi connectivity index (χ1v) is 12.3. The van der Waals surface area contributed by atoms with Crippen molar-refractivity contribution in [2.24, 2.45) is 0 Å². The zero-order valence-electron chi connectivity index (χ0n) is 19.9. The number of carbonyl (C=O) groups is 1. The molecule has 4 aliphatic rings. The highest BCUT2D eigenvalue weighted by Gasteiger charge is 2.73. The van der Waals surface area contributed by atoms with E-state index in [9.17, 15) is 15.0 Å². The number of amides is 1. The van der Waals surface area contributed by atoms with Gasteiger partial charge in [0, 0.05) is 36.7 Å². The van der Waals surface area contributed by atoms with Crippen molar-refractivity contribution in [2.75, 3.05) is 20.1 Å². The maximum Gasteiger partial charge on any atom is 0.298 e. The molecule has 2 aliphatic carbocycles. The van der Waals surface area contributed by atoms with Crippen LogP contribution in [-0.2, 0) is 16.6 Å². The molecule has 6 heteroatoms. The second kappa shape index (κ2) is 7.87. The molecule has 5 atom stereocenters. The molecule has 1 spiro atoms. The quantitative estimate of drug-likeness (QED) is 0.533. The van der Waals surface area contributed by atoms with Gasteiger partial charge < -0.3 is 19.8 Å². The van der Waals surface area contributed by atoms with Crippen molar-refractivity contribution < 1.29 is 19.7 Å². The van der Waals surface area contributed by atoms with Gasteiger partial charge in [0.25, 0.3) is 5.91 Å². The van der Waals surface area contributed by atoms with Crippen LogP contribution >= 0.6 is 0 Å². The van der Waals surface area contributed by atoms with Gasteiger partial charge in [-0.3, -0.25) is 9.69 Å². The Kier molecular flexibility index (Phi) is 5.00. The van der Waals surface area contributed by atoms with Gasteiger partial charge in [0.2, 0.25) is 0 Å². The highest BCUT2D eigenvalue weighted by Crippen LogP contribution is 2.65. The molecule has 2 aromatic rings. The molecular weight excluding hydrogens is 440 g/mol. The molecule has 1 saturated carbocycles. The number of likely N-dealkylation sites (tertiary alicyclic amines) is 1. The number of phenols is 1. The van der Waals surface area contributed by atoms with Crippen molar-refractivity contribution in [3.8, 4) is 23.3 Å². The van der Waals surface area contributed by atoms with Gasteiger partial charge in [-0.25, -0.2) is 0 Å². The largest absolute Gasteiger partial charge is 0.504 e. The van der Waals surface area contributed by atoms with Crippen molar-refractivity contribution in [3.63, 3.8) is 0 Å². The Morgan fingerprint density at radius 3 is 2.86 bits per heavy atom. The van der Waals surface area contributed by atoms with E-state index in [-0.39, 0.29) is 23.7 Å². The summed E-state index contributed by atoms with van der Waals surface area (Å²) < 4.78 is 6.53. The summed E-state index contributed by atoms with van der Waals surface area (Å²) in [5.74, 6) is 6.04. The van der Waals surface area contributed by atoms with Crippen LogP contribution in [0.3, 0.4) is 0 Å². The topological polar surface area (TPSA) is 73.2 Å². The molecule has 0 aromatic heterocycles. The van der Waals surface area contributed by atoms with Crippen LogP contribution < -0.4 is 4.74 Å².